The molecule has 118 valence electrons. The molecule has 1 aliphatic heterocycles. The van der Waals surface area contributed by atoms with Crippen molar-refractivity contribution in [3.63, 3.8) is 0 Å². The van der Waals surface area contributed by atoms with Crippen molar-refractivity contribution in [1.29, 1.82) is 0 Å². The maximum atomic E-state index is 11.3. The first-order valence-electron chi connectivity index (χ1n) is 5.42. The van der Waals surface area contributed by atoms with Crippen molar-refractivity contribution in [2.45, 2.75) is 6.23 Å². The third-order valence-corrected chi connectivity index (χ3v) is 3.35. The predicted molar refractivity (Wildman–Crippen MR) is 69.3 cm³/mol. The second kappa shape index (κ2) is 6.32. The molecule has 0 saturated carbocycles. The van der Waals surface area contributed by atoms with E-state index in [2.05, 4.69) is 14.3 Å². The second-order valence-corrected chi connectivity index (χ2v) is 7.31. The minimum absolute atomic E-state index is 0.0218. The highest BCUT2D eigenvalue weighted by molar-refractivity contribution is 7.86. The smallest absolute Gasteiger partial charge is 0.280 e. The van der Waals surface area contributed by atoms with Crippen LogP contribution in [0, 0.1) is 5.92 Å². The molecule has 1 aliphatic rings. The average Bonchev–Trinajstić information content (AvgIpc) is 2.52. The van der Waals surface area contributed by atoms with Gasteiger partial charge in [0.2, 0.25) is 0 Å². The molecule has 1 rings (SSSR count). The zero-order chi connectivity index (χ0) is 15.6. The van der Waals surface area contributed by atoms with E-state index in [1.54, 1.807) is 0 Å². The molecule has 20 heavy (non-hydrogen) atoms. The number of nitrogens with zero attached hydrogens (tertiary/aromatic N) is 2. The number of hydrogen-bond acceptors (Lipinski definition) is 10. The van der Waals surface area contributed by atoms with E-state index in [4.69, 9.17) is 9.92 Å². The molecule has 0 radical (unpaired) electrons. The van der Waals surface area contributed by atoms with E-state index < -0.39 is 32.4 Å². The minimum atomic E-state index is -3.85. The Bertz CT molecular complexity index is 571. The minimum Gasteiger partial charge on any atom is -0.399 e. The Hall–Kier alpha value is -0.790. The lowest BCUT2D eigenvalue weighted by Crippen LogP contribution is -2.40. The van der Waals surface area contributed by atoms with Gasteiger partial charge in [-0.2, -0.15) is 21.1 Å². The fraction of sp³-hybridized carbons (Fsp3) is 0.875. The van der Waals surface area contributed by atoms with Crippen LogP contribution >= 0.6 is 0 Å². The summed E-state index contributed by atoms with van der Waals surface area (Å²) < 4.78 is 54.4. The number of nitrogens with two attached hydrogens (primary N) is 1. The van der Waals surface area contributed by atoms with E-state index in [0.29, 0.717) is 5.71 Å². The van der Waals surface area contributed by atoms with Gasteiger partial charge in [-0.1, -0.05) is 5.16 Å². The molecule has 0 aromatic heterocycles. The lowest BCUT2D eigenvalue weighted by atomic mass is 10.1. The van der Waals surface area contributed by atoms with Gasteiger partial charge in [0, 0.05) is 6.54 Å². The zero-order valence-corrected chi connectivity index (χ0v) is 12.8. The number of hydrogen-bond donors (Lipinski definition) is 1. The van der Waals surface area contributed by atoms with E-state index in [1.165, 1.54) is 7.11 Å². The summed E-state index contributed by atoms with van der Waals surface area (Å²) in [5, 5.41) is 4.53. The van der Waals surface area contributed by atoms with Crippen LogP contribution in [-0.2, 0) is 33.5 Å². The monoisotopic (exact) mass is 331 g/mol. The van der Waals surface area contributed by atoms with Gasteiger partial charge in [-0.25, -0.2) is 4.18 Å². The lowest BCUT2D eigenvalue weighted by Gasteiger charge is -2.23. The Morgan fingerprint density at radius 2 is 1.90 bits per heavy atom. The number of rotatable bonds is 6. The summed E-state index contributed by atoms with van der Waals surface area (Å²) in [6.07, 6.45) is 0.441. The highest BCUT2D eigenvalue weighted by Crippen LogP contribution is 2.25. The Morgan fingerprint density at radius 1 is 1.30 bits per heavy atom. The van der Waals surface area contributed by atoms with Gasteiger partial charge in [-0.05, 0) is 0 Å². The first-order chi connectivity index (χ1) is 9.07. The molecule has 1 fully saturated rings. The van der Waals surface area contributed by atoms with Gasteiger partial charge >= 0.3 is 0 Å². The summed E-state index contributed by atoms with van der Waals surface area (Å²) in [5.41, 5.74) is 5.87. The molecule has 2 unspecified atom stereocenters. The maximum absolute atomic E-state index is 11.3. The fourth-order valence-electron chi connectivity index (χ4n) is 1.74. The molecule has 2 N–H and O–H groups in total. The van der Waals surface area contributed by atoms with Crippen LogP contribution in [0.25, 0.3) is 0 Å². The number of hydroxylamine groups is 2. The van der Waals surface area contributed by atoms with E-state index in [0.717, 1.165) is 17.6 Å². The van der Waals surface area contributed by atoms with Crippen LogP contribution in [0.15, 0.2) is 5.16 Å². The molecule has 0 aliphatic carbocycles. The summed E-state index contributed by atoms with van der Waals surface area (Å²) in [4.78, 5) is 4.61. The number of oxime groups is 1. The molecule has 0 aromatic carbocycles. The largest absolute Gasteiger partial charge is 0.399 e. The lowest BCUT2D eigenvalue weighted by molar-refractivity contribution is -0.136. The van der Waals surface area contributed by atoms with Crippen molar-refractivity contribution in [3.05, 3.63) is 0 Å². The van der Waals surface area contributed by atoms with Gasteiger partial charge in [0.05, 0.1) is 30.7 Å². The van der Waals surface area contributed by atoms with Gasteiger partial charge in [0.1, 0.15) is 7.11 Å². The van der Waals surface area contributed by atoms with Gasteiger partial charge in [0.25, 0.3) is 20.2 Å². The Morgan fingerprint density at radius 3 is 2.30 bits per heavy atom. The third kappa shape index (κ3) is 4.96. The summed E-state index contributed by atoms with van der Waals surface area (Å²) in [7, 11) is -6.40. The molecule has 0 spiro atoms. The molecule has 1 heterocycles. The molecule has 0 aromatic rings. The van der Waals surface area contributed by atoms with Crippen LogP contribution in [0.3, 0.4) is 0 Å². The topological polar surface area (TPSA) is 138 Å². The van der Waals surface area contributed by atoms with Crippen molar-refractivity contribution < 1.29 is 30.1 Å². The van der Waals surface area contributed by atoms with Crippen LogP contribution in [0.2, 0.25) is 0 Å². The fourth-order valence-corrected chi connectivity index (χ4v) is 2.81. The quantitative estimate of drug-likeness (QED) is 0.435. The Balaban J connectivity index is 3.10. The summed E-state index contributed by atoms with van der Waals surface area (Å²) >= 11 is 0. The first kappa shape index (κ1) is 17.3. The Labute approximate surface area is 117 Å². The van der Waals surface area contributed by atoms with Gasteiger partial charge < -0.3 is 10.6 Å². The molecule has 0 bridgehead atoms. The molecular formula is C8H17N3O7S2. The van der Waals surface area contributed by atoms with Crippen molar-refractivity contribution in [2.24, 2.45) is 16.8 Å². The van der Waals surface area contributed by atoms with E-state index in [9.17, 15) is 16.8 Å². The Kier molecular flexibility index (Phi) is 5.46. The standard InChI is InChI=1S/C8H17N3O7S2/c1-16-10-7-5-11(18-20(3,14)15)8(6(7)4-9)17-19(2,12)13/h6,8H,4-5,9H2,1-3H3/b10-7+. The maximum Gasteiger partial charge on any atom is 0.280 e. The molecule has 12 heteroatoms. The summed E-state index contributed by atoms with van der Waals surface area (Å²) in [5.74, 6) is -0.675. The van der Waals surface area contributed by atoms with Gasteiger partial charge in [0.15, 0.2) is 6.23 Å². The third-order valence-electron chi connectivity index (χ3n) is 2.34. The molecule has 2 atom stereocenters. The van der Waals surface area contributed by atoms with Crippen LogP contribution < -0.4 is 5.73 Å². The van der Waals surface area contributed by atoms with Crippen molar-refractivity contribution in [3.8, 4) is 0 Å². The molecule has 1 saturated heterocycles. The van der Waals surface area contributed by atoms with Crippen LogP contribution in [0.5, 0.6) is 0 Å². The van der Waals surface area contributed by atoms with E-state index in [1.807, 2.05) is 0 Å². The van der Waals surface area contributed by atoms with E-state index in [-0.39, 0.29) is 13.1 Å². The summed E-state index contributed by atoms with van der Waals surface area (Å²) in [6.45, 7) is -0.130. The highest BCUT2D eigenvalue weighted by Gasteiger charge is 2.44. The predicted octanol–water partition coefficient (Wildman–Crippen LogP) is -1.93. The molecular weight excluding hydrogens is 314 g/mol. The first-order valence-corrected chi connectivity index (χ1v) is 9.05. The SMILES string of the molecule is CO/N=C1\CN(OS(C)(=O)=O)C(OS(C)(=O)=O)C1CN. The van der Waals surface area contributed by atoms with E-state index >= 15 is 0 Å². The van der Waals surface area contributed by atoms with Crippen LogP contribution in [0.4, 0.5) is 0 Å². The van der Waals surface area contributed by atoms with Crippen molar-refractivity contribution in [2.75, 3.05) is 32.7 Å². The van der Waals surface area contributed by atoms with Crippen molar-refractivity contribution in [1.82, 2.24) is 5.06 Å². The average molecular weight is 331 g/mol. The zero-order valence-electron chi connectivity index (χ0n) is 11.2. The summed E-state index contributed by atoms with van der Waals surface area (Å²) in [6, 6.07) is 0. The molecule has 0 amide bonds. The van der Waals surface area contributed by atoms with Crippen LogP contribution in [0.1, 0.15) is 0 Å². The molecule has 10 nitrogen and oxygen atoms in total. The second-order valence-electron chi connectivity index (χ2n) is 4.15. The van der Waals surface area contributed by atoms with Crippen LogP contribution in [-0.4, -0.2) is 66.5 Å². The normalized spacial score (nSPS) is 27.1. The van der Waals surface area contributed by atoms with Crippen molar-refractivity contribution >= 4 is 25.9 Å². The van der Waals surface area contributed by atoms with Gasteiger partial charge in [-0.15, -0.1) is 5.06 Å². The van der Waals surface area contributed by atoms with Gasteiger partial charge in [-0.3, -0.25) is 0 Å². The highest BCUT2D eigenvalue weighted by atomic mass is 32.2.